The molecular formula is H3CdNaO4S. The second kappa shape index (κ2) is 5.92. The van der Waals surface area contributed by atoms with E-state index in [9.17, 15) is 0 Å². The standard InChI is InChI=1S/Cd.Na.H2O4S.H/c;;1-5(2,3)4;/h;;(H2,1,2,3,4);. The molecule has 36 valence electrons. The van der Waals surface area contributed by atoms with Gasteiger partial charge in [0.25, 0.3) is 0 Å². The molecule has 0 aliphatic rings. The zero-order valence-electron chi connectivity index (χ0n) is 2.83. The summed E-state index contributed by atoms with van der Waals surface area (Å²) in [6, 6.07) is 0. The van der Waals surface area contributed by atoms with E-state index in [4.69, 9.17) is 17.5 Å². The van der Waals surface area contributed by atoms with Crippen LogP contribution in [0, 0.1) is 0 Å². The van der Waals surface area contributed by atoms with Gasteiger partial charge in [-0.15, -0.1) is 0 Å². The fourth-order valence-electron chi connectivity index (χ4n) is 0. The van der Waals surface area contributed by atoms with E-state index in [-0.39, 0.29) is 56.9 Å². The van der Waals surface area contributed by atoms with Crippen molar-refractivity contribution in [1.29, 1.82) is 0 Å². The molecule has 0 aromatic heterocycles. The molecule has 0 aromatic carbocycles. The van der Waals surface area contributed by atoms with E-state index in [1.54, 1.807) is 0 Å². The Bertz CT molecular complexity index is 94.9. The molecule has 0 aromatic rings. The van der Waals surface area contributed by atoms with Crippen LogP contribution >= 0.6 is 0 Å². The van der Waals surface area contributed by atoms with Crippen molar-refractivity contribution in [2.75, 3.05) is 0 Å². The molecule has 0 aliphatic heterocycles. The van der Waals surface area contributed by atoms with E-state index in [0.29, 0.717) is 0 Å². The summed E-state index contributed by atoms with van der Waals surface area (Å²) in [7, 11) is -4.67. The van der Waals surface area contributed by atoms with E-state index in [1.807, 2.05) is 0 Å². The molecular weight excluding hydrogens is 231 g/mol. The van der Waals surface area contributed by atoms with Gasteiger partial charge in [-0.3, -0.25) is 9.11 Å². The Kier molecular flexibility index (Phi) is 13.5. The van der Waals surface area contributed by atoms with Gasteiger partial charge in [-0.05, 0) is 0 Å². The van der Waals surface area contributed by atoms with Crippen LogP contribution in [-0.2, 0) is 37.7 Å². The summed E-state index contributed by atoms with van der Waals surface area (Å²) in [5.74, 6) is 0. The van der Waals surface area contributed by atoms with Crippen LogP contribution in [0.4, 0.5) is 0 Å². The molecule has 0 radical (unpaired) electrons. The van der Waals surface area contributed by atoms with E-state index in [0.717, 1.165) is 0 Å². The Balaban J connectivity index is -0.0000000800. The van der Waals surface area contributed by atoms with Crippen LogP contribution in [0.5, 0.6) is 0 Å². The molecule has 0 saturated carbocycles. The van der Waals surface area contributed by atoms with Crippen molar-refractivity contribution < 1.29 is 44.8 Å². The van der Waals surface area contributed by atoms with Crippen molar-refractivity contribution in [3.8, 4) is 0 Å². The Hall–Kier alpha value is 1.79. The van der Waals surface area contributed by atoms with E-state index >= 15 is 0 Å². The topological polar surface area (TPSA) is 74.6 Å². The van der Waals surface area contributed by atoms with Crippen molar-refractivity contribution in [2.45, 2.75) is 0 Å². The average Bonchev–Trinajstić information content (AvgIpc) is 0.722. The van der Waals surface area contributed by atoms with Crippen LogP contribution < -0.4 is 0 Å². The van der Waals surface area contributed by atoms with Gasteiger partial charge in [0.1, 0.15) is 0 Å². The van der Waals surface area contributed by atoms with E-state index < -0.39 is 10.4 Å². The van der Waals surface area contributed by atoms with Gasteiger partial charge in [-0.25, -0.2) is 0 Å². The van der Waals surface area contributed by atoms with Gasteiger partial charge in [0.15, 0.2) is 0 Å². The SMILES string of the molecule is O=S(=O)(O)O.[Cd].[NaH]. The third-order valence-electron chi connectivity index (χ3n) is 0. The van der Waals surface area contributed by atoms with Gasteiger partial charge in [0, 0.05) is 27.3 Å². The molecule has 0 rings (SSSR count). The summed E-state index contributed by atoms with van der Waals surface area (Å²) < 4.78 is 31.6. The molecule has 2 N–H and O–H groups in total. The number of rotatable bonds is 0. The average molecular weight is 234 g/mol. The van der Waals surface area contributed by atoms with Crippen LogP contribution in [0.15, 0.2) is 0 Å². The van der Waals surface area contributed by atoms with Crippen LogP contribution in [0.25, 0.3) is 0 Å². The van der Waals surface area contributed by atoms with Crippen LogP contribution in [-0.4, -0.2) is 47.1 Å². The molecule has 0 aliphatic carbocycles. The van der Waals surface area contributed by atoms with Crippen molar-refractivity contribution in [3.63, 3.8) is 0 Å². The van der Waals surface area contributed by atoms with Crippen molar-refractivity contribution in [2.24, 2.45) is 0 Å². The Labute approximate surface area is 83.7 Å². The van der Waals surface area contributed by atoms with Crippen LogP contribution in [0.2, 0.25) is 0 Å². The predicted octanol–water partition coefficient (Wildman–Crippen LogP) is -1.30. The number of hydrogen-bond donors (Lipinski definition) is 2. The summed E-state index contributed by atoms with van der Waals surface area (Å²) in [5.41, 5.74) is 0. The first kappa shape index (κ1) is 15.9. The van der Waals surface area contributed by atoms with Crippen molar-refractivity contribution in [1.82, 2.24) is 0 Å². The van der Waals surface area contributed by atoms with Crippen molar-refractivity contribution in [3.05, 3.63) is 0 Å². The van der Waals surface area contributed by atoms with Crippen LogP contribution in [0.1, 0.15) is 0 Å². The minimum atomic E-state index is -4.67. The molecule has 0 fully saturated rings. The molecule has 0 atom stereocenters. The van der Waals surface area contributed by atoms with E-state index in [2.05, 4.69) is 0 Å². The molecule has 0 spiro atoms. The molecule has 0 unspecified atom stereocenters. The van der Waals surface area contributed by atoms with Gasteiger partial charge < -0.3 is 0 Å². The summed E-state index contributed by atoms with van der Waals surface area (Å²) in [6.45, 7) is 0. The molecule has 4 nitrogen and oxygen atoms in total. The third kappa shape index (κ3) is 81.4. The summed E-state index contributed by atoms with van der Waals surface area (Å²) in [6.07, 6.45) is 0. The number of hydrogen-bond acceptors (Lipinski definition) is 2. The fourth-order valence-corrected chi connectivity index (χ4v) is 0. The molecule has 0 amide bonds. The van der Waals surface area contributed by atoms with E-state index in [1.165, 1.54) is 0 Å². The minimum absolute atomic E-state index is 0. The molecule has 0 saturated heterocycles. The van der Waals surface area contributed by atoms with Crippen molar-refractivity contribution >= 4 is 40.0 Å². The van der Waals surface area contributed by atoms with Crippen LogP contribution in [0.3, 0.4) is 0 Å². The van der Waals surface area contributed by atoms with Gasteiger partial charge in [-0.2, -0.15) is 8.42 Å². The Morgan fingerprint density at radius 3 is 1.14 bits per heavy atom. The normalized spacial score (nSPS) is 8.29. The Morgan fingerprint density at radius 2 is 1.14 bits per heavy atom. The summed E-state index contributed by atoms with van der Waals surface area (Å²) in [4.78, 5) is 0. The van der Waals surface area contributed by atoms with Gasteiger partial charge in [0.05, 0.1) is 0 Å². The maximum absolute atomic E-state index is 8.74. The summed E-state index contributed by atoms with van der Waals surface area (Å²) in [5, 5.41) is 0. The second-order valence-corrected chi connectivity index (χ2v) is 1.34. The van der Waals surface area contributed by atoms with Gasteiger partial charge in [-0.1, -0.05) is 0 Å². The summed E-state index contributed by atoms with van der Waals surface area (Å²) >= 11 is 0. The molecule has 7 heavy (non-hydrogen) atoms. The van der Waals surface area contributed by atoms with Gasteiger partial charge >= 0.3 is 40.0 Å². The first-order valence-electron chi connectivity index (χ1n) is 0.698. The monoisotopic (exact) mass is 236 g/mol. The van der Waals surface area contributed by atoms with Gasteiger partial charge in [0.2, 0.25) is 0 Å². The zero-order valence-corrected chi connectivity index (χ0v) is 7.68. The molecule has 0 bridgehead atoms. The molecule has 0 heterocycles. The predicted molar refractivity (Wildman–Crippen MR) is 21.3 cm³/mol. The quantitative estimate of drug-likeness (QED) is 0.403. The molecule has 7 heteroatoms. The Morgan fingerprint density at radius 1 is 1.14 bits per heavy atom. The first-order valence-corrected chi connectivity index (χ1v) is 2.10. The zero-order chi connectivity index (χ0) is 4.50. The maximum atomic E-state index is 8.74. The third-order valence-corrected chi connectivity index (χ3v) is 0. The fraction of sp³-hybridized carbons (Fsp3) is 0. The second-order valence-electron chi connectivity index (χ2n) is 0.448. The first-order chi connectivity index (χ1) is 2.00.